The molecule has 0 aliphatic carbocycles. The molecule has 18 heavy (non-hydrogen) atoms. The first-order valence-corrected chi connectivity index (χ1v) is 5.66. The lowest BCUT2D eigenvalue weighted by atomic mass is 10.1. The standard InChI is InChI=1S/C14H15N3O/c1-9-6-10(2)8-11(7-9)17-14-12(13(15)18)4-3-5-16-14/h3-8H,1-2H3,(H2,15,18)(H,16,17). The fourth-order valence-electron chi connectivity index (χ4n) is 1.89. The van der Waals surface area contributed by atoms with Crippen molar-refractivity contribution in [2.45, 2.75) is 13.8 Å². The van der Waals surface area contributed by atoms with Gasteiger partial charge in [-0.25, -0.2) is 4.98 Å². The normalized spacial score (nSPS) is 10.1. The Morgan fingerprint density at radius 3 is 2.50 bits per heavy atom. The topological polar surface area (TPSA) is 68.0 Å². The molecule has 2 rings (SSSR count). The van der Waals surface area contributed by atoms with Crippen LogP contribution in [0, 0.1) is 13.8 Å². The number of aromatic nitrogens is 1. The first-order valence-electron chi connectivity index (χ1n) is 5.66. The van der Waals surface area contributed by atoms with E-state index >= 15 is 0 Å². The minimum Gasteiger partial charge on any atom is -0.365 e. The molecule has 0 radical (unpaired) electrons. The van der Waals surface area contributed by atoms with Crippen LogP contribution in [0.4, 0.5) is 11.5 Å². The predicted octanol–water partition coefficient (Wildman–Crippen LogP) is 2.54. The van der Waals surface area contributed by atoms with E-state index in [9.17, 15) is 4.79 Å². The van der Waals surface area contributed by atoms with E-state index in [-0.39, 0.29) is 0 Å². The van der Waals surface area contributed by atoms with Crippen molar-refractivity contribution in [3.05, 3.63) is 53.2 Å². The highest BCUT2D eigenvalue weighted by molar-refractivity contribution is 5.98. The maximum atomic E-state index is 11.3. The number of amides is 1. The molecule has 0 saturated carbocycles. The zero-order chi connectivity index (χ0) is 13.1. The smallest absolute Gasteiger partial charge is 0.252 e. The van der Waals surface area contributed by atoms with Gasteiger partial charge >= 0.3 is 0 Å². The Kier molecular flexibility index (Phi) is 3.28. The number of carbonyl (C=O) groups excluding carboxylic acids is 1. The van der Waals surface area contributed by atoms with Crippen LogP contribution in [-0.4, -0.2) is 10.9 Å². The van der Waals surface area contributed by atoms with Gasteiger partial charge in [-0.3, -0.25) is 4.79 Å². The Bertz CT molecular complexity index is 573. The summed E-state index contributed by atoms with van der Waals surface area (Å²) in [5.41, 5.74) is 8.89. The number of aryl methyl sites for hydroxylation is 2. The Morgan fingerprint density at radius 1 is 1.22 bits per heavy atom. The van der Waals surface area contributed by atoms with Crippen molar-refractivity contribution in [3.63, 3.8) is 0 Å². The molecule has 0 unspecified atom stereocenters. The summed E-state index contributed by atoms with van der Waals surface area (Å²) in [6.07, 6.45) is 1.62. The van der Waals surface area contributed by atoms with Crippen molar-refractivity contribution in [3.8, 4) is 0 Å². The van der Waals surface area contributed by atoms with E-state index in [1.807, 2.05) is 26.0 Å². The lowest BCUT2D eigenvalue weighted by Gasteiger charge is -2.10. The Morgan fingerprint density at radius 2 is 1.89 bits per heavy atom. The minimum atomic E-state index is -0.491. The number of pyridine rings is 1. The van der Waals surface area contributed by atoms with Gasteiger partial charge in [-0.1, -0.05) is 6.07 Å². The van der Waals surface area contributed by atoms with Crippen molar-refractivity contribution in [2.24, 2.45) is 5.73 Å². The van der Waals surface area contributed by atoms with Gasteiger partial charge in [0.25, 0.3) is 5.91 Å². The molecule has 4 heteroatoms. The monoisotopic (exact) mass is 241 g/mol. The number of primary amides is 1. The summed E-state index contributed by atoms with van der Waals surface area (Å²) in [5, 5.41) is 3.12. The minimum absolute atomic E-state index is 0.386. The maximum Gasteiger partial charge on any atom is 0.252 e. The SMILES string of the molecule is Cc1cc(C)cc(Nc2ncccc2C(N)=O)c1. The largest absolute Gasteiger partial charge is 0.365 e. The van der Waals surface area contributed by atoms with Crippen molar-refractivity contribution in [1.82, 2.24) is 4.98 Å². The van der Waals surface area contributed by atoms with E-state index in [4.69, 9.17) is 5.73 Å². The zero-order valence-electron chi connectivity index (χ0n) is 10.4. The van der Waals surface area contributed by atoms with Gasteiger partial charge in [0, 0.05) is 11.9 Å². The Balaban J connectivity index is 2.37. The number of carbonyl (C=O) groups is 1. The number of rotatable bonds is 3. The number of nitrogens with one attached hydrogen (secondary N) is 1. The molecule has 1 heterocycles. The second-order valence-corrected chi connectivity index (χ2v) is 4.27. The lowest BCUT2D eigenvalue weighted by Crippen LogP contribution is -2.14. The van der Waals surface area contributed by atoms with Crippen LogP contribution in [0.1, 0.15) is 21.5 Å². The quantitative estimate of drug-likeness (QED) is 0.867. The first kappa shape index (κ1) is 12.1. The van der Waals surface area contributed by atoms with Crippen LogP contribution >= 0.6 is 0 Å². The summed E-state index contributed by atoms with van der Waals surface area (Å²) in [4.78, 5) is 15.4. The molecule has 0 aliphatic rings. The van der Waals surface area contributed by atoms with Crippen molar-refractivity contribution in [1.29, 1.82) is 0 Å². The number of anilines is 2. The average Bonchev–Trinajstić information content (AvgIpc) is 2.27. The number of benzene rings is 1. The third-order valence-electron chi connectivity index (χ3n) is 2.56. The number of hydrogen-bond donors (Lipinski definition) is 2. The highest BCUT2D eigenvalue weighted by Gasteiger charge is 2.08. The zero-order valence-corrected chi connectivity index (χ0v) is 10.4. The predicted molar refractivity (Wildman–Crippen MR) is 72.0 cm³/mol. The molecule has 0 fully saturated rings. The van der Waals surface area contributed by atoms with Crippen LogP contribution in [0.5, 0.6) is 0 Å². The molecule has 0 aliphatic heterocycles. The number of hydrogen-bond acceptors (Lipinski definition) is 3. The molecule has 2 aromatic rings. The fraction of sp³-hybridized carbons (Fsp3) is 0.143. The maximum absolute atomic E-state index is 11.3. The van der Waals surface area contributed by atoms with Crippen LogP contribution in [-0.2, 0) is 0 Å². The van der Waals surface area contributed by atoms with Crippen LogP contribution in [0.25, 0.3) is 0 Å². The van der Waals surface area contributed by atoms with Crippen LogP contribution in [0.15, 0.2) is 36.5 Å². The highest BCUT2D eigenvalue weighted by atomic mass is 16.1. The molecule has 1 aromatic heterocycles. The van der Waals surface area contributed by atoms with E-state index in [1.165, 1.54) is 0 Å². The van der Waals surface area contributed by atoms with Gasteiger partial charge in [-0.05, 0) is 49.2 Å². The summed E-state index contributed by atoms with van der Waals surface area (Å²) in [6, 6.07) is 9.41. The van der Waals surface area contributed by atoms with Crippen LogP contribution in [0.3, 0.4) is 0 Å². The fourth-order valence-corrected chi connectivity index (χ4v) is 1.89. The van der Waals surface area contributed by atoms with Crippen LogP contribution in [0.2, 0.25) is 0 Å². The van der Waals surface area contributed by atoms with Gasteiger partial charge < -0.3 is 11.1 Å². The van der Waals surface area contributed by atoms with Gasteiger partial charge in [0.2, 0.25) is 0 Å². The molecule has 0 bridgehead atoms. The summed E-state index contributed by atoms with van der Waals surface area (Å²) in [5.74, 6) is -0.00928. The number of nitrogens with zero attached hydrogens (tertiary/aromatic N) is 1. The molecule has 0 saturated heterocycles. The van der Waals surface area contributed by atoms with Gasteiger partial charge in [0.15, 0.2) is 0 Å². The van der Waals surface area contributed by atoms with Crippen molar-refractivity contribution in [2.75, 3.05) is 5.32 Å². The van der Waals surface area contributed by atoms with E-state index < -0.39 is 5.91 Å². The Labute approximate surface area is 106 Å². The van der Waals surface area contributed by atoms with Crippen molar-refractivity contribution >= 4 is 17.4 Å². The molecule has 4 nitrogen and oxygen atoms in total. The van der Waals surface area contributed by atoms with E-state index in [2.05, 4.69) is 16.4 Å². The van der Waals surface area contributed by atoms with Gasteiger partial charge in [0.1, 0.15) is 5.82 Å². The second-order valence-electron chi connectivity index (χ2n) is 4.27. The molecule has 1 aromatic carbocycles. The summed E-state index contributed by atoms with van der Waals surface area (Å²) in [7, 11) is 0. The summed E-state index contributed by atoms with van der Waals surface area (Å²) < 4.78 is 0. The van der Waals surface area contributed by atoms with Gasteiger partial charge in [-0.15, -0.1) is 0 Å². The molecular formula is C14H15N3O. The summed E-state index contributed by atoms with van der Waals surface area (Å²) >= 11 is 0. The second kappa shape index (κ2) is 4.87. The van der Waals surface area contributed by atoms with Crippen molar-refractivity contribution < 1.29 is 4.79 Å². The van der Waals surface area contributed by atoms with E-state index in [0.717, 1.165) is 16.8 Å². The summed E-state index contributed by atoms with van der Waals surface area (Å²) in [6.45, 7) is 4.04. The molecule has 0 atom stereocenters. The third-order valence-corrected chi connectivity index (χ3v) is 2.56. The van der Waals surface area contributed by atoms with E-state index in [0.29, 0.717) is 11.4 Å². The molecular weight excluding hydrogens is 226 g/mol. The highest BCUT2D eigenvalue weighted by Crippen LogP contribution is 2.20. The Hall–Kier alpha value is -2.36. The third kappa shape index (κ3) is 2.66. The molecule has 3 N–H and O–H groups in total. The molecule has 1 amide bonds. The molecule has 92 valence electrons. The first-order chi connectivity index (χ1) is 8.56. The lowest BCUT2D eigenvalue weighted by molar-refractivity contribution is 0.100. The number of nitrogens with two attached hydrogens (primary N) is 1. The van der Waals surface area contributed by atoms with Crippen LogP contribution < -0.4 is 11.1 Å². The van der Waals surface area contributed by atoms with E-state index in [1.54, 1.807) is 18.3 Å². The van der Waals surface area contributed by atoms with Gasteiger partial charge in [-0.2, -0.15) is 0 Å². The molecule has 0 spiro atoms. The van der Waals surface area contributed by atoms with Gasteiger partial charge in [0.05, 0.1) is 5.56 Å². The average molecular weight is 241 g/mol.